The fourth-order valence-electron chi connectivity index (χ4n) is 1.57. The van der Waals surface area contributed by atoms with E-state index in [-0.39, 0.29) is 5.92 Å². The molecule has 0 aliphatic heterocycles. The SMILES string of the molecule is COC(=O)C(C#N)C(C)Cc1ccc(C)o1. The molecule has 0 aromatic carbocycles. The molecule has 0 saturated carbocycles. The lowest BCUT2D eigenvalue weighted by molar-refractivity contribution is -0.144. The first-order valence-corrected chi connectivity index (χ1v) is 5.11. The quantitative estimate of drug-likeness (QED) is 0.730. The standard InChI is InChI=1S/C12H15NO3/c1-8(11(7-13)12(14)15-3)6-10-5-4-9(2)16-10/h4-5,8,11H,6H2,1-3H3. The minimum atomic E-state index is -0.740. The zero-order chi connectivity index (χ0) is 12.1. The number of aryl methyl sites for hydroxylation is 1. The molecule has 0 amide bonds. The van der Waals surface area contributed by atoms with E-state index in [0.717, 1.165) is 11.5 Å². The van der Waals surface area contributed by atoms with E-state index in [0.29, 0.717) is 6.42 Å². The van der Waals surface area contributed by atoms with Crippen molar-refractivity contribution in [3.63, 3.8) is 0 Å². The predicted octanol–water partition coefficient (Wildman–Crippen LogP) is 2.08. The molecule has 0 bridgehead atoms. The summed E-state index contributed by atoms with van der Waals surface area (Å²) in [6.45, 7) is 3.69. The van der Waals surface area contributed by atoms with Crippen molar-refractivity contribution in [2.24, 2.45) is 11.8 Å². The van der Waals surface area contributed by atoms with Gasteiger partial charge in [-0.2, -0.15) is 5.26 Å². The van der Waals surface area contributed by atoms with Crippen LogP contribution in [0.25, 0.3) is 0 Å². The summed E-state index contributed by atoms with van der Waals surface area (Å²) in [6.07, 6.45) is 0.557. The second-order valence-electron chi connectivity index (χ2n) is 3.82. The van der Waals surface area contributed by atoms with Crippen LogP contribution in [0, 0.1) is 30.1 Å². The summed E-state index contributed by atoms with van der Waals surface area (Å²) >= 11 is 0. The zero-order valence-electron chi connectivity index (χ0n) is 9.69. The van der Waals surface area contributed by atoms with Crippen molar-refractivity contribution < 1.29 is 13.9 Å². The van der Waals surface area contributed by atoms with Crippen molar-refractivity contribution in [1.82, 2.24) is 0 Å². The number of ether oxygens (including phenoxy) is 1. The van der Waals surface area contributed by atoms with Crippen molar-refractivity contribution in [2.45, 2.75) is 20.3 Å². The maximum absolute atomic E-state index is 11.3. The van der Waals surface area contributed by atoms with Gasteiger partial charge in [0.25, 0.3) is 0 Å². The molecule has 1 heterocycles. The normalized spacial score (nSPS) is 13.9. The summed E-state index contributed by atoms with van der Waals surface area (Å²) in [5.74, 6) is 0.264. The van der Waals surface area contributed by atoms with Crippen LogP contribution in [-0.4, -0.2) is 13.1 Å². The summed E-state index contributed by atoms with van der Waals surface area (Å²) in [5, 5.41) is 8.90. The van der Waals surface area contributed by atoms with Gasteiger partial charge in [-0.3, -0.25) is 4.79 Å². The molecule has 86 valence electrons. The highest BCUT2D eigenvalue weighted by atomic mass is 16.5. The molecule has 0 radical (unpaired) electrons. The van der Waals surface area contributed by atoms with Gasteiger partial charge < -0.3 is 9.15 Å². The molecule has 0 fully saturated rings. The van der Waals surface area contributed by atoms with Crippen molar-refractivity contribution in [3.05, 3.63) is 23.7 Å². The number of methoxy groups -OCH3 is 1. The summed E-state index contributed by atoms with van der Waals surface area (Å²) in [7, 11) is 1.29. The molecular weight excluding hydrogens is 206 g/mol. The second-order valence-corrected chi connectivity index (χ2v) is 3.82. The number of rotatable bonds is 4. The van der Waals surface area contributed by atoms with E-state index in [1.54, 1.807) is 0 Å². The third-order valence-electron chi connectivity index (χ3n) is 2.48. The third-order valence-corrected chi connectivity index (χ3v) is 2.48. The molecule has 1 aromatic heterocycles. The van der Waals surface area contributed by atoms with Crippen molar-refractivity contribution in [1.29, 1.82) is 5.26 Å². The molecule has 0 aliphatic rings. The van der Waals surface area contributed by atoms with E-state index in [9.17, 15) is 4.79 Å². The Kier molecular flexibility index (Phi) is 4.12. The van der Waals surface area contributed by atoms with Crippen molar-refractivity contribution >= 4 is 5.97 Å². The number of nitriles is 1. The summed E-state index contributed by atoms with van der Waals surface area (Å²) in [6, 6.07) is 5.68. The largest absolute Gasteiger partial charge is 0.468 e. The molecule has 0 spiro atoms. The fraction of sp³-hybridized carbons (Fsp3) is 0.500. The molecule has 0 saturated heterocycles. The summed E-state index contributed by atoms with van der Waals surface area (Å²) < 4.78 is 9.98. The summed E-state index contributed by atoms with van der Waals surface area (Å²) in [5.41, 5.74) is 0. The van der Waals surface area contributed by atoms with Crippen LogP contribution in [0.1, 0.15) is 18.4 Å². The number of carbonyl (C=O) groups excluding carboxylic acids is 1. The molecule has 2 atom stereocenters. The van der Waals surface area contributed by atoms with Gasteiger partial charge in [0.2, 0.25) is 0 Å². The monoisotopic (exact) mass is 221 g/mol. The van der Waals surface area contributed by atoms with Gasteiger partial charge in [-0.15, -0.1) is 0 Å². The molecule has 4 heteroatoms. The van der Waals surface area contributed by atoms with Gasteiger partial charge in [0.1, 0.15) is 17.4 Å². The van der Waals surface area contributed by atoms with Crippen LogP contribution in [0.4, 0.5) is 0 Å². The van der Waals surface area contributed by atoms with Gasteiger partial charge in [0, 0.05) is 6.42 Å². The highest BCUT2D eigenvalue weighted by Crippen LogP contribution is 2.19. The zero-order valence-corrected chi connectivity index (χ0v) is 9.69. The smallest absolute Gasteiger partial charge is 0.323 e. The van der Waals surface area contributed by atoms with E-state index >= 15 is 0 Å². The minimum absolute atomic E-state index is 0.122. The van der Waals surface area contributed by atoms with Gasteiger partial charge in [0.05, 0.1) is 13.2 Å². The van der Waals surface area contributed by atoms with Crippen LogP contribution >= 0.6 is 0 Å². The van der Waals surface area contributed by atoms with E-state index < -0.39 is 11.9 Å². The van der Waals surface area contributed by atoms with Crippen molar-refractivity contribution in [3.8, 4) is 6.07 Å². The fourth-order valence-corrected chi connectivity index (χ4v) is 1.57. The van der Waals surface area contributed by atoms with Crippen LogP contribution in [0.5, 0.6) is 0 Å². The van der Waals surface area contributed by atoms with Crippen molar-refractivity contribution in [2.75, 3.05) is 7.11 Å². The Bertz CT molecular complexity index is 403. The summed E-state index contributed by atoms with van der Waals surface area (Å²) in [4.78, 5) is 11.3. The molecule has 0 N–H and O–H groups in total. The number of furan rings is 1. The number of nitrogens with zero attached hydrogens (tertiary/aromatic N) is 1. The Balaban J connectivity index is 2.67. The first kappa shape index (κ1) is 12.3. The number of hydrogen-bond donors (Lipinski definition) is 0. The second kappa shape index (κ2) is 5.36. The maximum Gasteiger partial charge on any atom is 0.323 e. The van der Waals surface area contributed by atoms with Gasteiger partial charge >= 0.3 is 5.97 Å². The van der Waals surface area contributed by atoms with E-state index in [1.807, 2.05) is 32.0 Å². The predicted molar refractivity (Wildman–Crippen MR) is 57.4 cm³/mol. The number of hydrogen-bond acceptors (Lipinski definition) is 4. The Morgan fingerprint density at radius 1 is 1.62 bits per heavy atom. The lowest BCUT2D eigenvalue weighted by Crippen LogP contribution is -2.23. The van der Waals surface area contributed by atoms with Gasteiger partial charge in [-0.05, 0) is 25.0 Å². The van der Waals surface area contributed by atoms with Crippen LogP contribution in [0.2, 0.25) is 0 Å². The van der Waals surface area contributed by atoms with E-state index in [4.69, 9.17) is 9.68 Å². The van der Waals surface area contributed by atoms with Gasteiger partial charge in [-0.1, -0.05) is 6.92 Å². The van der Waals surface area contributed by atoms with Crippen LogP contribution in [-0.2, 0) is 16.0 Å². The van der Waals surface area contributed by atoms with Crippen LogP contribution in [0.15, 0.2) is 16.5 Å². The van der Waals surface area contributed by atoms with Crippen LogP contribution in [0.3, 0.4) is 0 Å². The van der Waals surface area contributed by atoms with Crippen LogP contribution < -0.4 is 0 Å². The Morgan fingerprint density at radius 2 is 2.31 bits per heavy atom. The average Bonchev–Trinajstić information content (AvgIpc) is 2.64. The Morgan fingerprint density at radius 3 is 2.75 bits per heavy atom. The Labute approximate surface area is 94.8 Å². The lowest BCUT2D eigenvalue weighted by atomic mass is 9.91. The maximum atomic E-state index is 11.3. The van der Waals surface area contributed by atoms with Gasteiger partial charge in [0.15, 0.2) is 0 Å². The molecule has 16 heavy (non-hydrogen) atoms. The van der Waals surface area contributed by atoms with Gasteiger partial charge in [-0.25, -0.2) is 0 Å². The van der Waals surface area contributed by atoms with E-state index in [2.05, 4.69) is 4.74 Å². The average molecular weight is 221 g/mol. The number of esters is 1. The molecule has 0 aliphatic carbocycles. The highest BCUT2D eigenvalue weighted by molar-refractivity contribution is 5.75. The third kappa shape index (κ3) is 2.86. The first-order valence-electron chi connectivity index (χ1n) is 5.11. The molecule has 4 nitrogen and oxygen atoms in total. The molecule has 1 aromatic rings. The molecule has 2 unspecified atom stereocenters. The minimum Gasteiger partial charge on any atom is -0.468 e. The lowest BCUT2D eigenvalue weighted by Gasteiger charge is -2.13. The number of carbonyl (C=O) groups is 1. The molecular formula is C12H15NO3. The highest BCUT2D eigenvalue weighted by Gasteiger charge is 2.26. The Hall–Kier alpha value is -1.76. The topological polar surface area (TPSA) is 63.2 Å². The molecule has 1 rings (SSSR count). The van der Waals surface area contributed by atoms with E-state index in [1.165, 1.54) is 7.11 Å². The first-order chi connectivity index (χ1) is 7.58.